The number of aromatic nitrogens is 1. The van der Waals surface area contributed by atoms with Crippen LogP contribution >= 0.6 is 0 Å². The van der Waals surface area contributed by atoms with Gasteiger partial charge in [0.2, 0.25) is 0 Å². The minimum atomic E-state index is 0.800. The predicted octanol–water partition coefficient (Wildman–Crippen LogP) is 4.22. The van der Waals surface area contributed by atoms with Gasteiger partial charge in [0.15, 0.2) is 0 Å². The van der Waals surface area contributed by atoms with Crippen molar-refractivity contribution in [3.8, 4) is 0 Å². The Labute approximate surface area is 127 Å². The van der Waals surface area contributed by atoms with Crippen molar-refractivity contribution in [1.29, 1.82) is 0 Å². The van der Waals surface area contributed by atoms with Crippen molar-refractivity contribution in [2.24, 2.45) is 5.92 Å². The van der Waals surface area contributed by atoms with Crippen LogP contribution in [0.3, 0.4) is 0 Å². The van der Waals surface area contributed by atoms with Crippen molar-refractivity contribution in [3.05, 3.63) is 30.3 Å². The molecule has 1 aromatic carbocycles. The van der Waals surface area contributed by atoms with Gasteiger partial charge in [-0.1, -0.05) is 19.8 Å². The highest BCUT2D eigenvalue weighted by Crippen LogP contribution is 2.26. The van der Waals surface area contributed by atoms with Crippen molar-refractivity contribution in [2.45, 2.75) is 39.0 Å². The van der Waals surface area contributed by atoms with E-state index in [-0.39, 0.29) is 0 Å². The van der Waals surface area contributed by atoms with E-state index < -0.39 is 0 Å². The van der Waals surface area contributed by atoms with E-state index in [0.717, 1.165) is 41.4 Å². The summed E-state index contributed by atoms with van der Waals surface area (Å²) >= 11 is 0. The third-order valence-corrected chi connectivity index (χ3v) is 4.57. The molecule has 1 aromatic heterocycles. The molecular weight excluding hydrogens is 258 g/mol. The lowest BCUT2D eigenvalue weighted by atomic mass is 9.96. The fourth-order valence-corrected chi connectivity index (χ4v) is 3.40. The maximum atomic E-state index is 5.83. The van der Waals surface area contributed by atoms with Crippen LogP contribution in [-0.2, 0) is 0 Å². The summed E-state index contributed by atoms with van der Waals surface area (Å²) in [5.74, 6) is 2.02. The number of hydrogen-bond acceptors (Lipinski definition) is 3. The Hall–Kier alpha value is -1.77. The largest absolute Gasteiger partial charge is 0.399 e. The maximum Gasteiger partial charge on any atom is 0.129 e. The van der Waals surface area contributed by atoms with Gasteiger partial charge in [-0.15, -0.1) is 0 Å². The van der Waals surface area contributed by atoms with E-state index in [0.29, 0.717) is 0 Å². The van der Waals surface area contributed by atoms with E-state index in [1.54, 1.807) is 0 Å². The number of nitrogens with zero attached hydrogens (tertiary/aromatic N) is 2. The normalized spacial score (nSPS) is 19.7. The van der Waals surface area contributed by atoms with Crippen molar-refractivity contribution in [2.75, 3.05) is 23.7 Å². The Balaban J connectivity index is 1.78. The molecule has 1 unspecified atom stereocenters. The molecule has 0 amide bonds. The van der Waals surface area contributed by atoms with Crippen molar-refractivity contribution >= 4 is 22.4 Å². The number of rotatable bonds is 3. The van der Waals surface area contributed by atoms with Gasteiger partial charge < -0.3 is 10.6 Å². The zero-order valence-corrected chi connectivity index (χ0v) is 12.9. The second-order valence-electron chi connectivity index (χ2n) is 6.19. The van der Waals surface area contributed by atoms with Crippen LogP contribution in [-0.4, -0.2) is 18.1 Å². The second-order valence-corrected chi connectivity index (χ2v) is 6.19. The highest BCUT2D eigenvalue weighted by molar-refractivity contribution is 5.83. The molecule has 0 spiro atoms. The molecule has 2 heterocycles. The number of anilines is 2. The lowest BCUT2D eigenvalue weighted by Gasteiger charge is -2.22. The average Bonchev–Trinajstić information content (AvgIpc) is 2.73. The predicted molar refractivity (Wildman–Crippen MR) is 90.6 cm³/mol. The Morgan fingerprint density at radius 3 is 2.95 bits per heavy atom. The van der Waals surface area contributed by atoms with E-state index in [1.165, 1.54) is 32.1 Å². The molecule has 0 saturated carbocycles. The summed E-state index contributed by atoms with van der Waals surface area (Å²) in [7, 11) is 0. The maximum absolute atomic E-state index is 5.83. The number of pyridine rings is 1. The number of hydrogen-bond donors (Lipinski definition) is 1. The summed E-state index contributed by atoms with van der Waals surface area (Å²) in [6.45, 7) is 4.56. The zero-order valence-electron chi connectivity index (χ0n) is 12.9. The molecule has 1 fully saturated rings. The monoisotopic (exact) mass is 283 g/mol. The number of fused-ring (bicyclic) bond motifs is 1. The topological polar surface area (TPSA) is 42.1 Å². The van der Waals surface area contributed by atoms with Crippen LogP contribution in [0.4, 0.5) is 11.5 Å². The standard InChI is InChI=1S/C18H25N3/c1-2-4-14-5-3-11-21(12-10-14)18-9-6-15-13-16(19)7-8-17(15)20-18/h6-9,13-14H,2-5,10-12,19H2,1H3. The molecule has 2 N–H and O–H groups in total. The quantitative estimate of drug-likeness (QED) is 0.857. The van der Waals surface area contributed by atoms with Crippen molar-refractivity contribution in [1.82, 2.24) is 4.98 Å². The van der Waals surface area contributed by atoms with Gasteiger partial charge in [0.05, 0.1) is 5.52 Å². The van der Waals surface area contributed by atoms with Crippen LogP contribution in [0.2, 0.25) is 0 Å². The lowest BCUT2D eigenvalue weighted by Crippen LogP contribution is -2.25. The Morgan fingerprint density at radius 1 is 1.19 bits per heavy atom. The van der Waals surface area contributed by atoms with Gasteiger partial charge in [-0.25, -0.2) is 4.98 Å². The third-order valence-electron chi connectivity index (χ3n) is 4.57. The Bertz CT molecular complexity index is 608. The SMILES string of the molecule is CCCC1CCCN(c2ccc3cc(N)ccc3n2)CC1. The number of nitrogen functional groups attached to an aromatic ring is 1. The van der Waals surface area contributed by atoms with Crippen LogP contribution < -0.4 is 10.6 Å². The summed E-state index contributed by atoms with van der Waals surface area (Å²) in [6.07, 6.45) is 6.63. The molecule has 2 aromatic rings. The molecule has 0 radical (unpaired) electrons. The number of benzene rings is 1. The van der Waals surface area contributed by atoms with E-state index >= 15 is 0 Å². The van der Waals surface area contributed by atoms with E-state index in [1.807, 2.05) is 18.2 Å². The summed E-state index contributed by atoms with van der Waals surface area (Å²) < 4.78 is 0. The van der Waals surface area contributed by atoms with Gasteiger partial charge in [0.1, 0.15) is 5.82 Å². The first-order valence-corrected chi connectivity index (χ1v) is 8.17. The Kier molecular flexibility index (Phi) is 4.28. The molecule has 1 saturated heterocycles. The van der Waals surface area contributed by atoms with Gasteiger partial charge >= 0.3 is 0 Å². The summed E-state index contributed by atoms with van der Waals surface area (Å²) in [6, 6.07) is 10.2. The van der Waals surface area contributed by atoms with E-state index in [2.05, 4.69) is 24.0 Å². The summed E-state index contributed by atoms with van der Waals surface area (Å²) in [4.78, 5) is 7.27. The first-order chi connectivity index (χ1) is 10.3. The molecule has 3 rings (SSSR count). The highest BCUT2D eigenvalue weighted by atomic mass is 15.2. The first-order valence-electron chi connectivity index (χ1n) is 8.17. The van der Waals surface area contributed by atoms with Crippen LogP contribution in [0.1, 0.15) is 39.0 Å². The summed E-state index contributed by atoms with van der Waals surface area (Å²) in [5, 5.41) is 1.12. The zero-order chi connectivity index (χ0) is 14.7. The highest BCUT2D eigenvalue weighted by Gasteiger charge is 2.17. The molecule has 3 heteroatoms. The smallest absolute Gasteiger partial charge is 0.129 e. The minimum Gasteiger partial charge on any atom is -0.399 e. The third kappa shape index (κ3) is 3.29. The average molecular weight is 283 g/mol. The second kappa shape index (κ2) is 6.33. The van der Waals surface area contributed by atoms with Crippen LogP contribution in [0.15, 0.2) is 30.3 Å². The molecular formula is C18H25N3. The van der Waals surface area contributed by atoms with Crippen molar-refractivity contribution in [3.63, 3.8) is 0 Å². The molecule has 112 valence electrons. The molecule has 1 aliphatic rings. The van der Waals surface area contributed by atoms with E-state index in [4.69, 9.17) is 10.7 Å². The van der Waals surface area contributed by atoms with Gasteiger partial charge in [-0.05, 0) is 55.5 Å². The van der Waals surface area contributed by atoms with Gasteiger partial charge in [0, 0.05) is 24.2 Å². The molecule has 0 bridgehead atoms. The first kappa shape index (κ1) is 14.2. The molecule has 1 aliphatic heterocycles. The molecule has 21 heavy (non-hydrogen) atoms. The fourth-order valence-electron chi connectivity index (χ4n) is 3.40. The minimum absolute atomic E-state index is 0.800. The van der Waals surface area contributed by atoms with Crippen LogP contribution in [0.5, 0.6) is 0 Å². The van der Waals surface area contributed by atoms with Gasteiger partial charge in [-0.2, -0.15) is 0 Å². The molecule has 1 atom stereocenters. The lowest BCUT2D eigenvalue weighted by molar-refractivity contribution is 0.435. The van der Waals surface area contributed by atoms with Crippen LogP contribution in [0.25, 0.3) is 10.9 Å². The van der Waals surface area contributed by atoms with Gasteiger partial charge in [0.25, 0.3) is 0 Å². The van der Waals surface area contributed by atoms with Crippen LogP contribution in [0, 0.1) is 5.92 Å². The number of nitrogens with two attached hydrogens (primary N) is 1. The van der Waals surface area contributed by atoms with Gasteiger partial charge in [-0.3, -0.25) is 0 Å². The van der Waals surface area contributed by atoms with E-state index in [9.17, 15) is 0 Å². The molecule has 0 aliphatic carbocycles. The Morgan fingerprint density at radius 2 is 2.10 bits per heavy atom. The summed E-state index contributed by atoms with van der Waals surface area (Å²) in [5.41, 5.74) is 7.67. The van der Waals surface area contributed by atoms with Crippen molar-refractivity contribution < 1.29 is 0 Å². The molecule has 3 nitrogen and oxygen atoms in total. The fraction of sp³-hybridized carbons (Fsp3) is 0.500.